The number of ether oxygens (including phenoxy) is 1. The quantitative estimate of drug-likeness (QED) is 0.532. The Bertz CT molecular complexity index is 264. The van der Waals surface area contributed by atoms with Crippen molar-refractivity contribution in [3.05, 3.63) is 12.4 Å². The first-order valence-corrected chi connectivity index (χ1v) is 4.14. The van der Waals surface area contributed by atoms with Gasteiger partial charge in [0.2, 0.25) is 5.88 Å². The van der Waals surface area contributed by atoms with Gasteiger partial charge in [0.25, 0.3) is 0 Å². The van der Waals surface area contributed by atoms with Crippen molar-refractivity contribution in [2.75, 3.05) is 12.0 Å². The zero-order chi connectivity index (χ0) is 9.68. The topological polar surface area (TPSA) is 73.1 Å². The van der Waals surface area contributed by atoms with Crippen molar-refractivity contribution in [2.24, 2.45) is 11.8 Å². The van der Waals surface area contributed by atoms with Crippen LogP contribution in [-0.2, 0) is 0 Å². The van der Waals surface area contributed by atoms with Crippen molar-refractivity contribution in [2.45, 2.75) is 13.8 Å². The fraction of sp³-hybridized carbons (Fsp3) is 0.500. The van der Waals surface area contributed by atoms with Gasteiger partial charge in [0, 0.05) is 0 Å². The number of hydrazine groups is 1. The van der Waals surface area contributed by atoms with E-state index in [1.807, 2.05) is 0 Å². The number of aromatic nitrogens is 2. The molecule has 0 saturated heterocycles. The number of nitrogen functional groups attached to an aromatic ring is 1. The van der Waals surface area contributed by atoms with E-state index in [2.05, 4.69) is 29.2 Å². The SMILES string of the molecule is CC(C)COc1cncc(NN)n1. The minimum Gasteiger partial charge on any atom is -0.476 e. The van der Waals surface area contributed by atoms with E-state index in [1.54, 1.807) is 6.20 Å². The van der Waals surface area contributed by atoms with E-state index in [0.29, 0.717) is 24.2 Å². The Kier molecular flexibility index (Phi) is 3.45. The third-order valence-corrected chi connectivity index (χ3v) is 1.32. The molecule has 0 aromatic carbocycles. The highest BCUT2D eigenvalue weighted by atomic mass is 16.5. The molecule has 0 aliphatic heterocycles. The summed E-state index contributed by atoms with van der Waals surface area (Å²) in [5.74, 6) is 6.63. The normalized spacial score (nSPS) is 10.2. The van der Waals surface area contributed by atoms with Gasteiger partial charge < -0.3 is 10.2 Å². The van der Waals surface area contributed by atoms with E-state index >= 15 is 0 Å². The lowest BCUT2D eigenvalue weighted by Crippen LogP contribution is -2.11. The van der Waals surface area contributed by atoms with Crippen LogP contribution in [0.1, 0.15) is 13.8 Å². The average Bonchev–Trinajstić information content (AvgIpc) is 2.15. The minimum atomic E-state index is 0.469. The third-order valence-electron chi connectivity index (χ3n) is 1.32. The molecule has 0 radical (unpaired) electrons. The maximum Gasteiger partial charge on any atom is 0.234 e. The number of anilines is 1. The summed E-state index contributed by atoms with van der Waals surface area (Å²) in [5.41, 5.74) is 2.40. The summed E-state index contributed by atoms with van der Waals surface area (Å²) in [6.45, 7) is 4.76. The maximum atomic E-state index is 5.34. The van der Waals surface area contributed by atoms with Crippen LogP contribution in [-0.4, -0.2) is 16.6 Å². The molecule has 0 spiro atoms. The Labute approximate surface area is 77.3 Å². The summed E-state index contributed by atoms with van der Waals surface area (Å²) < 4.78 is 5.34. The monoisotopic (exact) mass is 182 g/mol. The highest BCUT2D eigenvalue weighted by Gasteiger charge is 1.99. The average molecular weight is 182 g/mol. The summed E-state index contributed by atoms with van der Waals surface area (Å²) in [5, 5.41) is 0. The molecule has 0 fully saturated rings. The fourth-order valence-electron chi connectivity index (χ4n) is 0.739. The van der Waals surface area contributed by atoms with Gasteiger partial charge in [-0.25, -0.2) is 5.84 Å². The predicted molar refractivity (Wildman–Crippen MR) is 50.2 cm³/mol. The Balaban J connectivity index is 2.56. The van der Waals surface area contributed by atoms with Crippen LogP contribution in [0, 0.1) is 5.92 Å². The van der Waals surface area contributed by atoms with E-state index in [-0.39, 0.29) is 0 Å². The Hall–Kier alpha value is -1.36. The van der Waals surface area contributed by atoms with Crippen LogP contribution in [0.15, 0.2) is 12.4 Å². The van der Waals surface area contributed by atoms with Crippen LogP contribution in [0.3, 0.4) is 0 Å². The zero-order valence-corrected chi connectivity index (χ0v) is 7.82. The van der Waals surface area contributed by atoms with Crippen molar-refractivity contribution < 1.29 is 4.74 Å². The number of nitrogens with one attached hydrogen (secondary N) is 1. The molecule has 5 nitrogen and oxygen atoms in total. The van der Waals surface area contributed by atoms with Gasteiger partial charge in [-0.2, -0.15) is 4.98 Å². The molecule has 0 atom stereocenters. The highest BCUT2D eigenvalue weighted by Crippen LogP contribution is 2.08. The highest BCUT2D eigenvalue weighted by molar-refractivity contribution is 5.31. The van der Waals surface area contributed by atoms with Crippen LogP contribution in [0.5, 0.6) is 5.88 Å². The van der Waals surface area contributed by atoms with E-state index < -0.39 is 0 Å². The molecule has 1 aromatic heterocycles. The maximum absolute atomic E-state index is 5.34. The largest absolute Gasteiger partial charge is 0.476 e. The number of nitrogens with zero attached hydrogens (tertiary/aromatic N) is 2. The third kappa shape index (κ3) is 3.25. The van der Waals surface area contributed by atoms with Crippen LogP contribution >= 0.6 is 0 Å². The van der Waals surface area contributed by atoms with Crippen LogP contribution in [0.25, 0.3) is 0 Å². The van der Waals surface area contributed by atoms with Gasteiger partial charge in [0.05, 0.1) is 19.0 Å². The second-order valence-corrected chi connectivity index (χ2v) is 3.09. The van der Waals surface area contributed by atoms with Crippen LogP contribution < -0.4 is 16.0 Å². The van der Waals surface area contributed by atoms with E-state index in [1.165, 1.54) is 6.20 Å². The molecule has 0 aliphatic rings. The molecule has 72 valence electrons. The first-order valence-electron chi connectivity index (χ1n) is 4.14. The van der Waals surface area contributed by atoms with E-state index in [9.17, 15) is 0 Å². The fourth-order valence-corrected chi connectivity index (χ4v) is 0.739. The lowest BCUT2D eigenvalue weighted by Gasteiger charge is -2.07. The molecule has 5 heteroatoms. The van der Waals surface area contributed by atoms with Gasteiger partial charge in [-0.05, 0) is 5.92 Å². The molecule has 0 saturated carbocycles. The number of hydrogen-bond donors (Lipinski definition) is 2. The molecular formula is C8H14N4O. The minimum absolute atomic E-state index is 0.469. The van der Waals surface area contributed by atoms with Gasteiger partial charge in [-0.3, -0.25) is 4.98 Å². The van der Waals surface area contributed by atoms with Crippen molar-refractivity contribution >= 4 is 5.82 Å². The summed E-state index contributed by atoms with van der Waals surface area (Å²) in [6.07, 6.45) is 3.09. The number of rotatable bonds is 4. The van der Waals surface area contributed by atoms with E-state index in [0.717, 1.165) is 0 Å². The lowest BCUT2D eigenvalue weighted by molar-refractivity contribution is 0.260. The van der Waals surface area contributed by atoms with Gasteiger partial charge in [0.1, 0.15) is 0 Å². The van der Waals surface area contributed by atoms with E-state index in [4.69, 9.17) is 10.6 Å². The molecule has 1 aromatic rings. The van der Waals surface area contributed by atoms with Crippen LogP contribution in [0.2, 0.25) is 0 Å². The molecule has 0 aliphatic carbocycles. The second-order valence-electron chi connectivity index (χ2n) is 3.09. The molecule has 1 rings (SSSR count). The van der Waals surface area contributed by atoms with Crippen LogP contribution in [0.4, 0.5) is 5.82 Å². The number of nitrogens with two attached hydrogens (primary N) is 1. The number of hydrogen-bond acceptors (Lipinski definition) is 5. The van der Waals surface area contributed by atoms with Crippen molar-refractivity contribution in [3.63, 3.8) is 0 Å². The van der Waals surface area contributed by atoms with Gasteiger partial charge in [-0.15, -0.1) is 0 Å². The lowest BCUT2D eigenvalue weighted by atomic mass is 10.2. The zero-order valence-electron chi connectivity index (χ0n) is 7.82. The first-order chi connectivity index (χ1) is 6.22. The standard InChI is InChI=1S/C8H14N4O/c1-6(2)5-13-8-4-10-3-7(11-8)12-9/h3-4,6H,5,9H2,1-2H3,(H,11,12). The van der Waals surface area contributed by atoms with Crippen molar-refractivity contribution in [1.29, 1.82) is 0 Å². The van der Waals surface area contributed by atoms with Crippen molar-refractivity contribution in [3.8, 4) is 5.88 Å². The molecule has 3 N–H and O–H groups in total. The smallest absolute Gasteiger partial charge is 0.234 e. The predicted octanol–water partition coefficient (Wildman–Crippen LogP) is 0.797. The molecule has 0 bridgehead atoms. The van der Waals surface area contributed by atoms with Gasteiger partial charge >= 0.3 is 0 Å². The Morgan fingerprint density at radius 1 is 1.54 bits per heavy atom. The Morgan fingerprint density at radius 2 is 2.31 bits per heavy atom. The van der Waals surface area contributed by atoms with Gasteiger partial charge in [0.15, 0.2) is 5.82 Å². The molecule has 1 heterocycles. The summed E-state index contributed by atoms with van der Waals surface area (Å²) in [6, 6.07) is 0. The second kappa shape index (κ2) is 4.61. The first kappa shape index (κ1) is 9.73. The van der Waals surface area contributed by atoms with Crippen molar-refractivity contribution in [1.82, 2.24) is 9.97 Å². The molecule has 0 amide bonds. The molecular weight excluding hydrogens is 168 g/mol. The summed E-state index contributed by atoms with van der Waals surface area (Å²) in [7, 11) is 0. The van der Waals surface area contributed by atoms with Gasteiger partial charge in [-0.1, -0.05) is 13.8 Å². The Morgan fingerprint density at radius 3 is 2.92 bits per heavy atom. The summed E-state index contributed by atoms with van der Waals surface area (Å²) in [4.78, 5) is 7.95. The molecule has 0 unspecified atom stereocenters. The summed E-state index contributed by atoms with van der Waals surface area (Å²) >= 11 is 0. The molecule has 13 heavy (non-hydrogen) atoms.